The van der Waals surface area contributed by atoms with Gasteiger partial charge in [0.25, 0.3) is 0 Å². The summed E-state index contributed by atoms with van der Waals surface area (Å²) in [6.07, 6.45) is -1.29. The summed E-state index contributed by atoms with van der Waals surface area (Å²) in [7, 11) is 0. The van der Waals surface area contributed by atoms with E-state index in [0.29, 0.717) is 0 Å². The highest BCUT2D eigenvalue weighted by Crippen LogP contribution is 2.44. The molecule has 0 saturated carbocycles. The Morgan fingerprint density at radius 1 is 0.971 bits per heavy atom. The summed E-state index contributed by atoms with van der Waals surface area (Å²) in [5.74, 6) is -0.709. The lowest BCUT2D eigenvalue weighted by Crippen LogP contribution is -2.75. The molecule has 8 heteroatoms. The first-order valence-corrected chi connectivity index (χ1v) is 11.4. The lowest BCUT2D eigenvalue weighted by Gasteiger charge is -2.47. The molecule has 1 fully saturated rings. The standard InChI is InChI=1S/C26H30N2O6/c1-5-32-22(29)26(15-28(16-26)24(31)34-25(2,3)4)27-23(30)33-14-21-19-12-8-6-10-17(19)18-11-7-9-13-20(18)21/h6-13,21H,5,14-16H2,1-4H3,(H,27,30). The van der Waals surface area contributed by atoms with Gasteiger partial charge >= 0.3 is 18.2 Å². The Morgan fingerprint density at radius 3 is 2.06 bits per heavy atom. The minimum absolute atomic E-state index is 0.0507. The summed E-state index contributed by atoms with van der Waals surface area (Å²) < 4.78 is 16.1. The van der Waals surface area contributed by atoms with Gasteiger partial charge in [0.15, 0.2) is 5.54 Å². The Morgan fingerprint density at radius 2 is 1.53 bits per heavy atom. The number of alkyl carbamates (subject to hydrolysis) is 1. The molecule has 2 aromatic carbocycles. The topological polar surface area (TPSA) is 94.2 Å². The first-order chi connectivity index (χ1) is 16.1. The normalized spacial score (nSPS) is 16.1. The van der Waals surface area contributed by atoms with Crippen LogP contribution in [0.3, 0.4) is 0 Å². The smallest absolute Gasteiger partial charge is 0.410 e. The highest BCUT2D eigenvalue weighted by Gasteiger charge is 2.55. The summed E-state index contributed by atoms with van der Waals surface area (Å²) in [6.45, 7) is 7.14. The van der Waals surface area contributed by atoms with Gasteiger partial charge in [0.05, 0.1) is 19.7 Å². The van der Waals surface area contributed by atoms with Crippen LogP contribution in [-0.2, 0) is 19.0 Å². The molecule has 2 aliphatic rings. The number of hydrogen-bond acceptors (Lipinski definition) is 6. The largest absolute Gasteiger partial charge is 0.464 e. The van der Waals surface area contributed by atoms with Gasteiger partial charge in [0.2, 0.25) is 0 Å². The minimum atomic E-state index is -1.37. The van der Waals surface area contributed by atoms with E-state index in [0.717, 1.165) is 22.3 Å². The van der Waals surface area contributed by atoms with Gasteiger partial charge < -0.3 is 24.4 Å². The maximum atomic E-state index is 12.8. The maximum absolute atomic E-state index is 12.8. The predicted molar refractivity (Wildman–Crippen MR) is 125 cm³/mol. The van der Waals surface area contributed by atoms with E-state index in [1.165, 1.54) is 4.90 Å². The zero-order valence-corrected chi connectivity index (χ0v) is 19.9. The Hall–Kier alpha value is -3.55. The van der Waals surface area contributed by atoms with Crippen molar-refractivity contribution in [2.75, 3.05) is 26.3 Å². The van der Waals surface area contributed by atoms with E-state index in [-0.39, 0.29) is 32.2 Å². The molecular weight excluding hydrogens is 436 g/mol. The summed E-state index contributed by atoms with van der Waals surface area (Å²) in [5, 5.41) is 2.65. The average molecular weight is 467 g/mol. The molecule has 4 rings (SSSR count). The monoisotopic (exact) mass is 466 g/mol. The van der Waals surface area contributed by atoms with Gasteiger partial charge in [-0.25, -0.2) is 14.4 Å². The molecule has 1 aliphatic heterocycles. The zero-order chi connectivity index (χ0) is 24.5. The lowest BCUT2D eigenvalue weighted by atomic mass is 9.90. The van der Waals surface area contributed by atoms with Crippen LogP contribution in [0.5, 0.6) is 0 Å². The third-order valence-electron chi connectivity index (χ3n) is 5.92. The molecular formula is C26H30N2O6. The Bertz CT molecular complexity index is 1050. The molecule has 180 valence electrons. The van der Waals surface area contributed by atoms with Crippen LogP contribution in [0.2, 0.25) is 0 Å². The molecule has 1 saturated heterocycles. The summed E-state index contributed by atoms with van der Waals surface area (Å²) in [6, 6.07) is 16.1. The van der Waals surface area contributed by atoms with Crippen molar-refractivity contribution in [3.05, 3.63) is 59.7 Å². The number of nitrogens with zero attached hydrogens (tertiary/aromatic N) is 1. The van der Waals surface area contributed by atoms with Gasteiger partial charge in [0.1, 0.15) is 12.2 Å². The fourth-order valence-corrected chi connectivity index (χ4v) is 4.42. The highest BCUT2D eigenvalue weighted by molar-refractivity contribution is 5.90. The number of rotatable bonds is 5. The number of likely N-dealkylation sites (tertiary alicyclic amines) is 1. The van der Waals surface area contributed by atoms with Gasteiger partial charge in [-0.3, -0.25) is 0 Å². The molecule has 0 unspecified atom stereocenters. The van der Waals surface area contributed by atoms with Crippen molar-refractivity contribution in [2.45, 2.75) is 44.8 Å². The molecule has 0 radical (unpaired) electrons. The number of ether oxygens (including phenoxy) is 3. The van der Waals surface area contributed by atoms with Crippen LogP contribution < -0.4 is 5.32 Å². The molecule has 2 aromatic rings. The van der Waals surface area contributed by atoms with Crippen molar-refractivity contribution in [1.82, 2.24) is 10.2 Å². The highest BCUT2D eigenvalue weighted by atomic mass is 16.6. The second kappa shape index (κ2) is 9.00. The Labute approximate surface area is 199 Å². The van der Waals surface area contributed by atoms with Gasteiger partial charge in [-0.15, -0.1) is 0 Å². The van der Waals surface area contributed by atoms with Crippen LogP contribution >= 0.6 is 0 Å². The van der Waals surface area contributed by atoms with Crippen molar-refractivity contribution in [3.63, 3.8) is 0 Å². The number of hydrogen-bond donors (Lipinski definition) is 1. The fraction of sp³-hybridized carbons (Fsp3) is 0.423. The summed E-state index contributed by atoms with van der Waals surface area (Å²) >= 11 is 0. The van der Waals surface area contributed by atoms with Crippen LogP contribution in [0, 0.1) is 0 Å². The molecule has 34 heavy (non-hydrogen) atoms. The Balaban J connectivity index is 1.43. The molecule has 1 aliphatic carbocycles. The molecule has 0 atom stereocenters. The van der Waals surface area contributed by atoms with Crippen LogP contribution in [-0.4, -0.2) is 60.5 Å². The van der Waals surface area contributed by atoms with Gasteiger partial charge in [0, 0.05) is 5.92 Å². The van der Waals surface area contributed by atoms with E-state index >= 15 is 0 Å². The van der Waals surface area contributed by atoms with Crippen molar-refractivity contribution < 1.29 is 28.6 Å². The molecule has 1 N–H and O–H groups in total. The second-order valence-corrected chi connectivity index (χ2v) is 9.59. The first kappa shape index (κ1) is 23.6. The van der Waals surface area contributed by atoms with Crippen molar-refractivity contribution in [2.24, 2.45) is 0 Å². The van der Waals surface area contributed by atoms with E-state index in [2.05, 4.69) is 17.4 Å². The van der Waals surface area contributed by atoms with Gasteiger partial charge in [-0.2, -0.15) is 0 Å². The zero-order valence-electron chi connectivity index (χ0n) is 19.9. The number of benzene rings is 2. The molecule has 8 nitrogen and oxygen atoms in total. The number of nitrogens with one attached hydrogen (secondary N) is 1. The lowest BCUT2D eigenvalue weighted by molar-refractivity contribution is -0.158. The van der Waals surface area contributed by atoms with Crippen molar-refractivity contribution in [1.29, 1.82) is 0 Å². The van der Waals surface area contributed by atoms with E-state index < -0.39 is 29.3 Å². The van der Waals surface area contributed by atoms with Gasteiger partial charge in [-0.05, 0) is 49.9 Å². The number of esters is 1. The van der Waals surface area contributed by atoms with E-state index in [4.69, 9.17) is 14.2 Å². The first-order valence-electron chi connectivity index (χ1n) is 11.4. The number of carbonyl (C=O) groups excluding carboxylic acids is 3. The number of carbonyl (C=O) groups is 3. The average Bonchev–Trinajstić information content (AvgIpc) is 3.07. The maximum Gasteiger partial charge on any atom is 0.410 e. The predicted octanol–water partition coefficient (Wildman–Crippen LogP) is 4.08. The molecule has 1 heterocycles. The number of fused-ring (bicyclic) bond motifs is 3. The Kier molecular flexibility index (Phi) is 6.25. The van der Waals surface area contributed by atoms with Crippen molar-refractivity contribution in [3.8, 4) is 11.1 Å². The fourth-order valence-electron chi connectivity index (χ4n) is 4.42. The summed E-state index contributed by atoms with van der Waals surface area (Å²) in [5.41, 5.74) is 2.41. The number of amides is 2. The SMILES string of the molecule is CCOC(=O)C1(NC(=O)OCC2c3ccccc3-c3ccccc32)CN(C(=O)OC(C)(C)C)C1. The van der Waals surface area contributed by atoms with Crippen LogP contribution in [0.15, 0.2) is 48.5 Å². The second-order valence-electron chi connectivity index (χ2n) is 9.59. The van der Waals surface area contributed by atoms with Crippen molar-refractivity contribution >= 4 is 18.2 Å². The molecule has 2 amide bonds. The van der Waals surface area contributed by atoms with Gasteiger partial charge in [-0.1, -0.05) is 48.5 Å². The molecule has 0 aromatic heterocycles. The van der Waals surface area contributed by atoms with Crippen LogP contribution in [0.1, 0.15) is 44.7 Å². The molecule has 0 spiro atoms. The quantitative estimate of drug-likeness (QED) is 0.527. The summed E-state index contributed by atoms with van der Waals surface area (Å²) in [4.78, 5) is 39.1. The van der Waals surface area contributed by atoms with E-state index in [1.807, 2.05) is 36.4 Å². The molecule has 0 bridgehead atoms. The van der Waals surface area contributed by atoms with E-state index in [1.54, 1.807) is 27.7 Å². The van der Waals surface area contributed by atoms with Crippen LogP contribution in [0.4, 0.5) is 9.59 Å². The van der Waals surface area contributed by atoms with Crippen LogP contribution in [0.25, 0.3) is 11.1 Å². The van der Waals surface area contributed by atoms with E-state index in [9.17, 15) is 14.4 Å². The minimum Gasteiger partial charge on any atom is -0.464 e. The third-order valence-corrected chi connectivity index (χ3v) is 5.92. The third kappa shape index (κ3) is 4.58.